The van der Waals surface area contributed by atoms with Gasteiger partial charge in [0.25, 0.3) is 15.9 Å². The van der Waals surface area contributed by atoms with Gasteiger partial charge in [0.15, 0.2) is 0 Å². The van der Waals surface area contributed by atoms with Gasteiger partial charge < -0.3 is 9.15 Å². The minimum atomic E-state index is -3.99. The molecule has 2 aromatic carbocycles. The summed E-state index contributed by atoms with van der Waals surface area (Å²) >= 11 is 0. The average molecular weight is 412 g/mol. The molecule has 0 spiro atoms. The lowest BCUT2D eigenvalue weighted by molar-refractivity contribution is 0.0981. The van der Waals surface area contributed by atoms with Crippen molar-refractivity contribution >= 4 is 27.3 Å². The maximum Gasteiger partial charge on any atom is 0.264 e. The zero-order valence-electron chi connectivity index (χ0n) is 16.0. The second-order valence-corrected chi connectivity index (χ2v) is 7.87. The highest BCUT2D eigenvalue weighted by Gasteiger charge is 2.18. The van der Waals surface area contributed by atoms with Gasteiger partial charge in [-0.1, -0.05) is 18.2 Å². The summed E-state index contributed by atoms with van der Waals surface area (Å²) in [5, 5.41) is 0. The van der Waals surface area contributed by atoms with E-state index >= 15 is 0 Å². The summed E-state index contributed by atoms with van der Waals surface area (Å²) in [5.41, 5.74) is 1.46. The standard InChI is InChI=1S/C21H20N2O5S/c1-15(20-13-10-18(28-20)14-27-2)22-17-8-11-19(12-9-17)29(25,26)23-21(24)16-6-4-3-5-7-16/h3-13H,14H2,1-2H3,(H,23,24). The molecule has 1 aromatic heterocycles. The lowest BCUT2D eigenvalue weighted by Crippen LogP contribution is -2.30. The van der Waals surface area contributed by atoms with E-state index in [0.717, 1.165) is 0 Å². The smallest absolute Gasteiger partial charge is 0.264 e. The topological polar surface area (TPSA) is 98.0 Å². The van der Waals surface area contributed by atoms with Gasteiger partial charge in [0, 0.05) is 12.7 Å². The van der Waals surface area contributed by atoms with Gasteiger partial charge >= 0.3 is 0 Å². The van der Waals surface area contributed by atoms with E-state index in [0.29, 0.717) is 29.5 Å². The van der Waals surface area contributed by atoms with Crippen LogP contribution in [-0.4, -0.2) is 27.1 Å². The van der Waals surface area contributed by atoms with Crippen molar-refractivity contribution in [2.24, 2.45) is 4.99 Å². The first-order chi connectivity index (χ1) is 13.9. The molecule has 7 nitrogen and oxygen atoms in total. The molecule has 0 atom stereocenters. The minimum Gasteiger partial charge on any atom is -0.457 e. The molecule has 0 aliphatic carbocycles. The number of sulfonamides is 1. The second kappa shape index (κ2) is 8.85. The molecular weight excluding hydrogens is 392 g/mol. The highest BCUT2D eigenvalue weighted by Crippen LogP contribution is 2.19. The Kier molecular flexibility index (Phi) is 6.26. The number of rotatable bonds is 7. The van der Waals surface area contributed by atoms with E-state index in [-0.39, 0.29) is 10.5 Å². The molecule has 3 aromatic rings. The Hall–Kier alpha value is -3.23. The molecule has 8 heteroatoms. The molecule has 150 valence electrons. The van der Waals surface area contributed by atoms with E-state index in [9.17, 15) is 13.2 Å². The number of ether oxygens (including phenoxy) is 1. The lowest BCUT2D eigenvalue weighted by atomic mass is 10.2. The van der Waals surface area contributed by atoms with E-state index < -0.39 is 15.9 Å². The van der Waals surface area contributed by atoms with Crippen LogP contribution >= 0.6 is 0 Å². The summed E-state index contributed by atoms with van der Waals surface area (Å²) in [4.78, 5) is 16.5. The van der Waals surface area contributed by atoms with Crippen molar-refractivity contribution in [3.8, 4) is 0 Å². The number of hydrogen-bond acceptors (Lipinski definition) is 6. The molecule has 0 fully saturated rings. The molecule has 0 saturated heterocycles. The second-order valence-electron chi connectivity index (χ2n) is 6.19. The van der Waals surface area contributed by atoms with Crippen molar-refractivity contribution in [3.63, 3.8) is 0 Å². The SMILES string of the molecule is COCc1ccc(C(C)=Nc2ccc(S(=O)(=O)NC(=O)c3ccccc3)cc2)o1. The number of nitrogens with zero attached hydrogens (tertiary/aromatic N) is 1. The van der Waals surface area contributed by atoms with Gasteiger partial charge in [-0.05, 0) is 55.5 Å². The number of carbonyl (C=O) groups excluding carboxylic acids is 1. The highest BCUT2D eigenvalue weighted by molar-refractivity contribution is 7.90. The molecule has 0 bridgehead atoms. The molecule has 0 radical (unpaired) electrons. The first-order valence-electron chi connectivity index (χ1n) is 8.74. The van der Waals surface area contributed by atoms with Crippen molar-refractivity contribution in [1.82, 2.24) is 4.72 Å². The maximum absolute atomic E-state index is 12.4. The lowest BCUT2D eigenvalue weighted by Gasteiger charge is -2.07. The van der Waals surface area contributed by atoms with Gasteiger partial charge in [-0.2, -0.15) is 0 Å². The summed E-state index contributed by atoms with van der Waals surface area (Å²) in [6.07, 6.45) is 0. The van der Waals surface area contributed by atoms with Crippen LogP contribution in [0.25, 0.3) is 0 Å². The number of aliphatic imine (C=N–C) groups is 1. The number of benzene rings is 2. The molecule has 1 amide bonds. The van der Waals surface area contributed by atoms with Crippen LogP contribution in [0.1, 0.15) is 28.8 Å². The predicted molar refractivity (Wildman–Crippen MR) is 109 cm³/mol. The Morgan fingerprint density at radius 3 is 2.38 bits per heavy atom. The minimum absolute atomic E-state index is 0.0289. The quantitative estimate of drug-likeness (QED) is 0.597. The van der Waals surface area contributed by atoms with Crippen molar-refractivity contribution in [3.05, 3.63) is 83.8 Å². The number of furan rings is 1. The third-order valence-electron chi connectivity index (χ3n) is 4.01. The molecule has 29 heavy (non-hydrogen) atoms. The molecule has 0 unspecified atom stereocenters. The van der Waals surface area contributed by atoms with E-state index in [1.165, 1.54) is 24.3 Å². The monoisotopic (exact) mass is 412 g/mol. The van der Waals surface area contributed by atoms with Crippen LogP contribution in [-0.2, 0) is 21.4 Å². The van der Waals surface area contributed by atoms with Crippen LogP contribution in [0.4, 0.5) is 5.69 Å². The molecule has 3 rings (SSSR count). The van der Waals surface area contributed by atoms with E-state index in [1.54, 1.807) is 50.4 Å². The third-order valence-corrected chi connectivity index (χ3v) is 5.36. The Balaban J connectivity index is 1.74. The summed E-state index contributed by atoms with van der Waals surface area (Å²) in [6, 6.07) is 17.7. The Labute approximate surface area is 169 Å². The first-order valence-corrected chi connectivity index (χ1v) is 10.2. The average Bonchev–Trinajstić information content (AvgIpc) is 3.18. The summed E-state index contributed by atoms with van der Waals surface area (Å²) in [5.74, 6) is 0.602. The van der Waals surface area contributed by atoms with Gasteiger partial charge in [-0.25, -0.2) is 18.1 Å². The fourth-order valence-corrected chi connectivity index (χ4v) is 3.54. The van der Waals surface area contributed by atoms with Gasteiger partial charge in [0.2, 0.25) is 0 Å². The fourth-order valence-electron chi connectivity index (χ4n) is 2.57. The molecule has 0 aliphatic rings. The van der Waals surface area contributed by atoms with Crippen molar-refractivity contribution < 1.29 is 22.4 Å². The van der Waals surface area contributed by atoms with Crippen LogP contribution < -0.4 is 4.72 Å². The third kappa shape index (κ3) is 5.18. The maximum atomic E-state index is 12.4. The van der Waals surface area contributed by atoms with Gasteiger partial charge in [-0.15, -0.1) is 0 Å². The van der Waals surface area contributed by atoms with Gasteiger partial charge in [0.1, 0.15) is 18.1 Å². The number of carbonyl (C=O) groups is 1. The van der Waals surface area contributed by atoms with Crippen molar-refractivity contribution in [2.45, 2.75) is 18.4 Å². The van der Waals surface area contributed by atoms with E-state index in [1.807, 2.05) is 6.07 Å². The number of hydrogen-bond donors (Lipinski definition) is 1. The number of amides is 1. The normalized spacial score (nSPS) is 12.0. The molecular formula is C21H20N2O5S. The largest absolute Gasteiger partial charge is 0.457 e. The zero-order valence-corrected chi connectivity index (χ0v) is 16.8. The molecule has 1 heterocycles. The fraction of sp³-hybridized carbons (Fsp3) is 0.143. The summed E-state index contributed by atoms with van der Waals surface area (Å²) < 4.78 is 37.6. The van der Waals surface area contributed by atoms with E-state index in [2.05, 4.69) is 9.71 Å². The van der Waals surface area contributed by atoms with Crippen LogP contribution in [0.15, 0.2) is 81.0 Å². The van der Waals surface area contributed by atoms with Crippen LogP contribution in [0.2, 0.25) is 0 Å². The molecule has 1 N–H and O–H groups in total. The van der Waals surface area contributed by atoms with Gasteiger partial charge in [0.05, 0.1) is 16.3 Å². The molecule has 0 saturated carbocycles. The summed E-state index contributed by atoms with van der Waals surface area (Å²) in [7, 11) is -2.40. The number of nitrogens with one attached hydrogen (secondary N) is 1. The van der Waals surface area contributed by atoms with Crippen molar-refractivity contribution in [2.75, 3.05) is 7.11 Å². The zero-order chi connectivity index (χ0) is 20.9. The van der Waals surface area contributed by atoms with Crippen molar-refractivity contribution in [1.29, 1.82) is 0 Å². The number of methoxy groups -OCH3 is 1. The van der Waals surface area contributed by atoms with E-state index in [4.69, 9.17) is 9.15 Å². The Morgan fingerprint density at radius 1 is 1.03 bits per heavy atom. The highest BCUT2D eigenvalue weighted by atomic mass is 32.2. The first kappa shape index (κ1) is 20.5. The van der Waals surface area contributed by atoms with Crippen LogP contribution in [0.5, 0.6) is 0 Å². The Bertz CT molecular complexity index is 1120. The molecule has 0 aliphatic heterocycles. The Morgan fingerprint density at radius 2 is 1.72 bits per heavy atom. The predicted octanol–water partition coefficient (Wildman–Crippen LogP) is 3.69. The van der Waals surface area contributed by atoms with Crippen LogP contribution in [0, 0.1) is 0 Å². The summed E-state index contributed by atoms with van der Waals surface area (Å²) in [6.45, 7) is 2.16. The van der Waals surface area contributed by atoms with Crippen LogP contribution in [0.3, 0.4) is 0 Å². The van der Waals surface area contributed by atoms with Gasteiger partial charge in [-0.3, -0.25) is 4.79 Å².